The molecule has 3 aromatic carbocycles. The maximum absolute atomic E-state index is 12.8. The molecule has 0 fully saturated rings. The van der Waals surface area contributed by atoms with E-state index in [4.69, 9.17) is 9.47 Å². The summed E-state index contributed by atoms with van der Waals surface area (Å²) in [5.74, 6) is 0.0276. The first-order valence-corrected chi connectivity index (χ1v) is 14.0. The number of hydrogen-bond acceptors (Lipinski definition) is 7. The summed E-state index contributed by atoms with van der Waals surface area (Å²) in [5, 5.41) is 8.62. The topological polar surface area (TPSA) is 123 Å². The van der Waals surface area contributed by atoms with Crippen LogP contribution >= 0.6 is 0 Å². The molecule has 9 nitrogen and oxygen atoms in total. The van der Waals surface area contributed by atoms with Gasteiger partial charge in [-0.3, -0.25) is 9.59 Å². The molecule has 1 aliphatic heterocycles. The highest BCUT2D eigenvalue weighted by Gasteiger charge is 2.30. The van der Waals surface area contributed by atoms with Crippen LogP contribution in [0, 0.1) is 6.92 Å². The number of fused-ring (bicyclic) bond motifs is 1. The summed E-state index contributed by atoms with van der Waals surface area (Å²) in [6, 6.07) is 16.8. The number of sulfone groups is 1. The molecule has 1 unspecified atom stereocenters. The van der Waals surface area contributed by atoms with Crippen molar-refractivity contribution in [2.75, 3.05) is 37.2 Å². The summed E-state index contributed by atoms with van der Waals surface area (Å²) < 4.78 is 36.2. The van der Waals surface area contributed by atoms with Gasteiger partial charge in [0.05, 0.1) is 37.1 Å². The fourth-order valence-corrected chi connectivity index (χ4v) is 5.94. The number of benzene rings is 3. The van der Waals surface area contributed by atoms with Crippen molar-refractivity contribution in [3.63, 3.8) is 0 Å². The van der Waals surface area contributed by atoms with Crippen molar-refractivity contribution < 1.29 is 27.5 Å². The van der Waals surface area contributed by atoms with Gasteiger partial charge >= 0.3 is 0 Å². The molecular formula is C28H31N3O6S. The molecule has 3 aromatic rings. The van der Waals surface area contributed by atoms with E-state index in [9.17, 15) is 18.0 Å². The zero-order valence-corrected chi connectivity index (χ0v) is 22.4. The van der Waals surface area contributed by atoms with Gasteiger partial charge < -0.3 is 25.4 Å². The van der Waals surface area contributed by atoms with E-state index < -0.39 is 21.8 Å². The molecule has 4 rings (SSSR count). The van der Waals surface area contributed by atoms with Crippen LogP contribution in [0.4, 0.5) is 11.4 Å². The molecule has 0 aliphatic carbocycles. The van der Waals surface area contributed by atoms with Crippen molar-refractivity contribution in [1.82, 2.24) is 5.32 Å². The Bertz CT molecular complexity index is 1450. The number of methoxy groups -OCH3 is 2. The zero-order valence-electron chi connectivity index (χ0n) is 21.5. The van der Waals surface area contributed by atoms with Gasteiger partial charge in [0.2, 0.25) is 5.91 Å². The van der Waals surface area contributed by atoms with Crippen LogP contribution in [0.15, 0.2) is 60.7 Å². The summed E-state index contributed by atoms with van der Waals surface area (Å²) in [5.41, 5.74) is 3.94. The Morgan fingerprint density at radius 3 is 2.47 bits per heavy atom. The predicted molar refractivity (Wildman–Crippen MR) is 147 cm³/mol. The fraction of sp³-hybridized carbons (Fsp3) is 0.286. The lowest BCUT2D eigenvalue weighted by atomic mass is 10.1. The Hall–Kier alpha value is -4.05. The van der Waals surface area contributed by atoms with Gasteiger partial charge in [-0.15, -0.1) is 0 Å². The normalized spacial score (nSPS) is 14.6. The van der Waals surface area contributed by atoms with E-state index in [1.165, 1.54) is 0 Å². The molecular weight excluding hydrogens is 506 g/mol. The molecule has 1 aliphatic rings. The van der Waals surface area contributed by atoms with Gasteiger partial charge in [-0.25, -0.2) is 8.42 Å². The Morgan fingerprint density at radius 1 is 0.974 bits per heavy atom. The molecule has 200 valence electrons. The monoisotopic (exact) mass is 537 g/mol. The van der Waals surface area contributed by atoms with Crippen LogP contribution in [0.5, 0.6) is 11.5 Å². The number of hydrogen-bond donors (Lipinski definition) is 3. The van der Waals surface area contributed by atoms with E-state index >= 15 is 0 Å². The molecule has 3 N–H and O–H groups in total. The fourth-order valence-electron chi connectivity index (χ4n) is 4.29. The van der Waals surface area contributed by atoms with E-state index in [0.29, 0.717) is 47.0 Å². The summed E-state index contributed by atoms with van der Waals surface area (Å²) in [6.45, 7) is 2.26. The predicted octanol–water partition coefficient (Wildman–Crippen LogP) is 3.33. The van der Waals surface area contributed by atoms with E-state index in [0.717, 1.165) is 11.1 Å². The molecule has 2 amide bonds. The summed E-state index contributed by atoms with van der Waals surface area (Å²) in [4.78, 5) is 25.4. The van der Waals surface area contributed by atoms with Gasteiger partial charge in [0.15, 0.2) is 21.3 Å². The van der Waals surface area contributed by atoms with Crippen molar-refractivity contribution in [2.24, 2.45) is 0 Å². The maximum atomic E-state index is 12.8. The molecule has 0 saturated carbocycles. The summed E-state index contributed by atoms with van der Waals surface area (Å²) >= 11 is 0. The largest absolute Gasteiger partial charge is 0.493 e. The Labute approximate surface area is 222 Å². The highest BCUT2D eigenvalue weighted by Crippen LogP contribution is 2.29. The lowest BCUT2D eigenvalue weighted by molar-refractivity contribution is -0.116. The van der Waals surface area contributed by atoms with E-state index in [1.54, 1.807) is 44.6 Å². The van der Waals surface area contributed by atoms with Crippen molar-refractivity contribution in [3.05, 3.63) is 82.9 Å². The minimum Gasteiger partial charge on any atom is -0.493 e. The Balaban J connectivity index is 1.36. The third kappa shape index (κ3) is 6.44. The number of ether oxygens (including phenoxy) is 2. The van der Waals surface area contributed by atoms with Crippen LogP contribution in [0.2, 0.25) is 0 Å². The van der Waals surface area contributed by atoms with Gasteiger partial charge in [-0.1, -0.05) is 30.3 Å². The lowest BCUT2D eigenvalue weighted by Gasteiger charge is -2.27. The Kier molecular flexibility index (Phi) is 8.21. The van der Waals surface area contributed by atoms with E-state index in [1.807, 2.05) is 37.3 Å². The first kappa shape index (κ1) is 27.0. The highest BCUT2D eigenvalue weighted by atomic mass is 32.2. The van der Waals surface area contributed by atoms with Crippen LogP contribution in [0.25, 0.3) is 0 Å². The number of carbonyl (C=O) groups is 2. The van der Waals surface area contributed by atoms with E-state index in [-0.39, 0.29) is 17.4 Å². The molecule has 0 saturated heterocycles. The van der Waals surface area contributed by atoms with Crippen LogP contribution < -0.4 is 25.4 Å². The van der Waals surface area contributed by atoms with Crippen molar-refractivity contribution in [1.29, 1.82) is 0 Å². The van der Waals surface area contributed by atoms with Gasteiger partial charge in [0.1, 0.15) is 6.04 Å². The van der Waals surface area contributed by atoms with E-state index in [2.05, 4.69) is 16.0 Å². The number of amides is 2. The molecule has 38 heavy (non-hydrogen) atoms. The minimum atomic E-state index is -3.56. The molecule has 1 atom stereocenters. The average molecular weight is 538 g/mol. The van der Waals surface area contributed by atoms with Gasteiger partial charge in [0.25, 0.3) is 5.91 Å². The van der Waals surface area contributed by atoms with Crippen molar-refractivity contribution >= 4 is 33.0 Å². The molecule has 10 heteroatoms. The molecule has 0 spiro atoms. The first-order chi connectivity index (χ1) is 18.2. The van der Waals surface area contributed by atoms with Gasteiger partial charge in [0, 0.05) is 12.1 Å². The maximum Gasteiger partial charge on any atom is 0.251 e. The summed E-state index contributed by atoms with van der Waals surface area (Å²) in [6.07, 6.45) is 0.591. The molecule has 1 heterocycles. The van der Waals surface area contributed by atoms with Crippen LogP contribution in [-0.4, -0.2) is 52.8 Å². The molecule has 0 bridgehead atoms. The Morgan fingerprint density at radius 2 is 1.74 bits per heavy atom. The number of nitrogens with one attached hydrogen (secondary N) is 3. The standard InChI is InChI=1S/C28H31N3O6S/c1-18-6-4-5-7-21(18)16-38(34,35)17-24-28(33)31-23-15-20(9-10-22(23)30-24)27(32)29-13-12-19-8-11-25(36-2)26(14-19)37-3/h4-11,14-15,24,30H,12-13,16-17H2,1-3H3,(H,29,32)(H,31,33). The second-order valence-electron chi connectivity index (χ2n) is 9.12. The highest BCUT2D eigenvalue weighted by molar-refractivity contribution is 7.90. The number of rotatable bonds is 10. The third-order valence-electron chi connectivity index (χ3n) is 6.39. The zero-order chi connectivity index (χ0) is 27.3. The van der Waals surface area contributed by atoms with Crippen LogP contribution in [0.3, 0.4) is 0 Å². The second kappa shape index (κ2) is 11.6. The third-order valence-corrected chi connectivity index (χ3v) is 7.98. The average Bonchev–Trinajstić information content (AvgIpc) is 2.89. The first-order valence-electron chi connectivity index (χ1n) is 12.1. The van der Waals surface area contributed by atoms with Gasteiger partial charge in [-0.2, -0.15) is 0 Å². The quantitative estimate of drug-likeness (QED) is 0.363. The second-order valence-corrected chi connectivity index (χ2v) is 11.2. The number of carbonyl (C=O) groups excluding carboxylic acids is 2. The SMILES string of the molecule is COc1ccc(CCNC(=O)c2ccc3c(c2)NC(=O)C(CS(=O)(=O)Cc2ccccc2C)N3)cc1OC. The molecule has 0 radical (unpaired) electrons. The van der Waals surface area contributed by atoms with Gasteiger partial charge in [-0.05, 0) is 60.4 Å². The molecule has 0 aromatic heterocycles. The number of anilines is 2. The smallest absolute Gasteiger partial charge is 0.251 e. The lowest BCUT2D eigenvalue weighted by Crippen LogP contribution is -2.43. The summed E-state index contributed by atoms with van der Waals surface area (Å²) in [7, 11) is -0.416. The van der Waals surface area contributed by atoms with Crippen molar-refractivity contribution in [2.45, 2.75) is 25.1 Å². The number of aryl methyl sites for hydroxylation is 1. The minimum absolute atomic E-state index is 0.138. The van der Waals surface area contributed by atoms with Crippen molar-refractivity contribution in [3.8, 4) is 11.5 Å². The van der Waals surface area contributed by atoms with Crippen LogP contribution in [0.1, 0.15) is 27.0 Å². The van der Waals surface area contributed by atoms with Crippen LogP contribution in [-0.2, 0) is 26.8 Å².